The molecule has 8 heteroatoms. The average molecular weight is 376 g/mol. The zero-order valence-electron chi connectivity index (χ0n) is 14.7. The molecule has 2 heterocycles. The Kier molecular flexibility index (Phi) is 5.27. The minimum atomic E-state index is -4.48. The van der Waals surface area contributed by atoms with Crippen LogP contribution < -0.4 is 11.3 Å². The first-order chi connectivity index (χ1) is 12.8. The molecular formula is C19H19F3N4O. The molecule has 0 aliphatic heterocycles. The number of hydrogen-bond acceptors (Lipinski definition) is 4. The molecular weight excluding hydrogens is 357 g/mol. The fourth-order valence-electron chi connectivity index (χ4n) is 2.81. The van der Waals surface area contributed by atoms with E-state index in [1.165, 1.54) is 0 Å². The number of nitrogens with two attached hydrogens (primary N) is 1. The predicted molar refractivity (Wildman–Crippen MR) is 97.1 cm³/mol. The molecule has 27 heavy (non-hydrogen) atoms. The quantitative estimate of drug-likeness (QED) is 0.738. The van der Waals surface area contributed by atoms with E-state index >= 15 is 0 Å². The summed E-state index contributed by atoms with van der Waals surface area (Å²) in [5, 5.41) is 1.22. The summed E-state index contributed by atoms with van der Waals surface area (Å²) < 4.78 is 39.5. The summed E-state index contributed by atoms with van der Waals surface area (Å²) in [6, 6.07) is 6.88. The number of benzene rings is 1. The zero-order chi connectivity index (χ0) is 19.6. The topological polar surface area (TPSA) is 73.8 Å². The van der Waals surface area contributed by atoms with Crippen LogP contribution in [0.1, 0.15) is 25.3 Å². The van der Waals surface area contributed by atoms with Gasteiger partial charge in [0.05, 0.1) is 5.56 Å². The van der Waals surface area contributed by atoms with E-state index in [1.54, 1.807) is 35.0 Å². The number of hydrogen-bond donors (Lipinski definition) is 1. The van der Waals surface area contributed by atoms with E-state index in [-0.39, 0.29) is 17.4 Å². The lowest BCUT2D eigenvalue weighted by Gasteiger charge is -2.10. The second-order valence-corrected chi connectivity index (χ2v) is 6.53. The van der Waals surface area contributed by atoms with Gasteiger partial charge in [-0.05, 0) is 43.4 Å². The van der Waals surface area contributed by atoms with Crippen molar-refractivity contribution in [2.24, 2.45) is 5.73 Å². The average Bonchev–Trinajstić information content (AvgIpc) is 2.62. The third-order valence-corrected chi connectivity index (χ3v) is 4.27. The van der Waals surface area contributed by atoms with E-state index in [1.807, 2.05) is 6.92 Å². The van der Waals surface area contributed by atoms with Crippen molar-refractivity contribution in [3.63, 3.8) is 0 Å². The molecule has 0 radical (unpaired) electrons. The van der Waals surface area contributed by atoms with Crippen LogP contribution in [0.25, 0.3) is 22.2 Å². The molecule has 0 spiro atoms. The molecule has 0 saturated heterocycles. The first-order valence-electron chi connectivity index (χ1n) is 8.54. The maximum absolute atomic E-state index is 12.6. The summed E-state index contributed by atoms with van der Waals surface area (Å²) >= 11 is 0. The Morgan fingerprint density at radius 3 is 2.52 bits per heavy atom. The molecule has 2 aromatic heterocycles. The Bertz CT molecular complexity index is 994. The molecule has 142 valence electrons. The monoisotopic (exact) mass is 376 g/mol. The maximum Gasteiger partial charge on any atom is 0.419 e. The molecule has 1 atom stereocenters. The minimum absolute atomic E-state index is 0.0902. The van der Waals surface area contributed by atoms with Gasteiger partial charge in [-0.2, -0.15) is 13.2 Å². The normalized spacial score (nSPS) is 13.1. The van der Waals surface area contributed by atoms with Crippen LogP contribution in [0.5, 0.6) is 0 Å². The molecule has 0 fully saturated rings. The van der Waals surface area contributed by atoms with Crippen LogP contribution in [0.2, 0.25) is 0 Å². The van der Waals surface area contributed by atoms with Gasteiger partial charge in [-0.3, -0.25) is 4.79 Å². The summed E-state index contributed by atoms with van der Waals surface area (Å²) in [4.78, 5) is 20.2. The lowest BCUT2D eigenvalue weighted by atomic mass is 10.1. The van der Waals surface area contributed by atoms with Crippen molar-refractivity contribution in [3.8, 4) is 11.4 Å². The van der Waals surface area contributed by atoms with Gasteiger partial charge in [0.15, 0.2) is 5.82 Å². The van der Waals surface area contributed by atoms with Crippen LogP contribution in [-0.2, 0) is 12.7 Å². The van der Waals surface area contributed by atoms with E-state index in [0.717, 1.165) is 25.2 Å². The first kappa shape index (κ1) is 19.0. The van der Waals surface area contributed by atoms with Gasteiger partial charge in [0.1, 0.15) is 0 Å². The van der Waals surface area contributed by atoms with Crippen molar-refractivity contribution in [3.05, 3.63) is 58.8 Å². The van der Waals surface area contributed by atoms with E-state index in [4.69, 9.17) is 5.73 Å². The molecule has 0 aliphatic rings. The number of halogens is 3. The number of fused-ring (bicyclic) bond motifs is 1. The molecule has 0 bridgehead atoms. The van der Waals surface area contributed by atoms with Gasteiger partial charge in [0.2, 0.25) is 0 Å². The van der Waals surface area contributed by atoms with E-state index < -0.39 is 11.7 Å². The van der Waals surface area contributed by atoms with Crippen LogP contribution in [0.15, 0.2) is 47.7 Å². The van der Waals surface area contributed by atoms with E-state index in [2.05, 4.69) is 9.97 Å². The Labute approximate surface area is 153 Å². The maximum atomic E-state index is 12.6. The number of alkyl halides is 3. The molecule has 3 rings (SSSR count). The second-order valence-electron chi connectivity index (χ2n) is 6.53. The summed E-state index contributed by atoms with van der Waals surface area (Å²) in [5.41, 5.74) is 5.26. The van der Waals surface area contributed by atoms with Crippen LogP contribution in [-0.4, -0.2) is 20.6 Å². The molecule has 3 aromatic rings. The SMILES string of the molecule is C[C@H](N)CCCn1ccc2cc(-c3ncc(C(F)(F)F)cn3)ccc2c1=O. The minimum Gasteiger partial charge on any atom is -0.328 e. The fraction of sp³-hybridized carbons (Fsp3) is 0.316. The largest absolute Gasteiger partial charge is 0.419 e. The van der Waals surface area contributed by atoms with Gasteiger partial charge in [-0.15, -0.1) is 0 Å². The molecule has 0 saturated carbocycles. The van der Waals surface area contributed by atoms with Crippen molar-refractivity contribution < 1.29 is 13.2 Å². The summed E-state index contributed by atoms with van der Waals surface area (Å²) in [6.07, 6.45) is 0.374. The Hall–Kier alpha value is -2.74. The van der Waals surface area contributed by atoms with Crippen molar-refractivity contribution in [2.75, 3.05) is 0 Å². The number of nitrogens with zero attached hydrogens (tertiary/aromatic N) is 3. The second kappa shape index (κ2) is 7.48. The van der Waals surface area contributed by atoms with Crippen molar-refractivity contribution in [1.82, 2.24) is 14.5 Å². The van der Waals surface area contributed by atoms with Crippen molar-refractivity contribution >= 4 is 10.8 Å². The molecule has 5 nitrogen and oxygen atoms in total. The predicted octanol–water partition coefficient (Wildman–Crippen LogP) is 3.60. The van der Waals surface area contributed by atoms with Crippen molar-refractivity contribution in [1.29, 1.82) is 0 Å². The highest BCUT2D eigenvalue weighted by Crippen LogP contribution is 2.29. The smallest absolute Gasteiger partial charge is 0.328 e. The summed E-state index contributed by atoms with van der Waals surface area (Å²) in [7, 11) is 0. The van der Waals surface area contributed by atoms with Gasteiger partial charge in [0, 0.05) is 42.1 Å². The van der Waals surface area contributed by atoms with Gasteiger partial charge in [-0.1, -0.05) is 6.07 Å². The van der Waals surface area contributed by atoms with Crippen LogP contribution >= 0.6 is 0 Å². The number of aromatic nitrogens is 3. The molecule has 0 unspecified atom stereocenters. The van der Waals surface area contributed by atoms with Gasteiger partial charge in [-0.25, -0.2) is 9.97 Å². The molecule has 0 aliphatic carbocycles. The third-order valence-electron chi connectivity index (χ3n) is 4.27. The highest BCUT2D eigenvalue weighted by Gasteiger charge is 2.31. The Balaban J connectivity index is 1.89. The highest BCUT2D eigenvalue weighted by atomic mass is 19.4. The van der Waals surface area contributed by atoms with Crippen LogP contribution in [0.3, 0.4) is 0 Å². The van der Waals surface area contributed by atoms with Gasteiger partial charge < -0.3 is 10.3 Å². The number of aryl methyl sites for hydroxylation is 1. The van der Waals surface area contributed by atoms with E-state index in [0.29, 0.717) is 22.9 Å². The molecule has 0 amide bonds. The standard InChI is InChI=1S/C19H19F3N4O/c1-12(23)3-2-7-26-8-6-13-9-14(4-5-16(13)18(26)27)17-24-10-15(11-25-17)19(20,21)22/h4-6,8-12H,2-3,7,23H2,1H3/t12-/m0/s1. The third kappa shape index (κ3) is 4.33. The first-order valence-corrected chi connectivity index (χ1v) is 8.54. The zero-order valence-corrected chi connectivity index (χ0v) is 14.7. The number of pyridine rings is 1. The molecule has 2 N–H and O–H groups in total. The van der Waals surface area contributed by atoms with Crippen LogP contribution in [0.4, 0.5) is 13.2 Å². The highest BCUT2D eigenvalue weighted by molar-refractivity contribution is 5.85. The summed E-state index contributed by atoms with van der Waals surface area (Å²) in [5.74, 6) is 0.172. The fourth-order valence-corrected chi connectivity index (χ4v) is 2.81. The lowest BCUT2D eigenvalue weighted by molar-refractivity contribution is -0.138. The van der Waals surface area contributed by atoms with Gasteiger partial charge >= 0.3 is 6.18 Å². The van der Waals surface area contributed by atoms with E-state index in [9.17, 15) is 18.0 Å². The lowest BCUT2D eigenvalue weighted by Crippen LogP contribution is -2.21. The Morgan fingerprint density at radius 2 is 1.89 bits per heavy atom. The van der Waals surface area contributed by atoms with Crippen molar-refractivity contribution in [2.45, 2.75) is 38.5 Å². The summed E-state index contributed by atoms with van der Waals surface area (Å²) in [6.45, 7) is 2.51. The molecule has 1 aromatic carbocycles. The van der Waals surface area contributed by atoms with Crippen LogP contribution in [0, 0.1) is 0 Å². The number of rotatable bonds is 5. The Morgan fingerprint density at radius 1 is 1.19 bits per heavy atom. The van der Waals surface area contributed by atoms with Gasteiger partial charge in [0.25, 0.3) is 5.56 Å².